The van der Waals surface area contributed by atoms with Crippen molar-refractivity contribution in [1.29, 1.82) is 0 Å². The summed E-state index contributed by atoms with van der Waals surface area (Å²) in [4.78, 5) is 0.392. The second-order valence-electron chi connectivity index (χ2n) is 5.27. The molecule has 1 aromatic carbocycles. The maximum atomic E-state index is 12.6. The summed E-state index contributed by atoms with van der Waals surface area (Å²) in [6, 6.07) is 5.39. The van der Waals surface area contributed by atoms with E-state index in [1.807, 2.05) is 19.9 Å². The summed E-state index contributed by atoms with van der Waals surface area (Å²) in [6.45, 7) is 5.64. The zero-order chi connectivity index (χ0) is 14.0. The lowest BCUT2D eigenvalue weighted by Gasteiger charge is -2.31. The summed E-state index contributed by atoms with van der Waals surface area (Å²) in [5, 5.41) is 3.25. The summed E-state index contributed by atoms with van der Waals surface area (Å²) >= 11 is 0. The van der Waals surface area contributed by atoms with Gasteiger partial charge in [-0.05, 0) is 56.5 Å². The number of sulfonamides is 1. The normalized spacial score (nSPS) is 20.7. The number of hydrogen-bond acceptors (Lipinski definition) is 3. The lowest BCUT2D eigenvalue weighted by Crippen LogP contribution is -2.46. The van der Waals surface area contributed by atoms with Gasteiger partial charge in [0.15, 0.2) is 0 Å². The minimum atomic E-state index is -3.38. The molecule has 19 heavy (non-hydrogen) atoms. The number of piperidine rings is 1. The molecule has 0 saturated carbocycles. The molecule has 1 atom stereocenters. The lowest BCUT2D eigenvalue weighted by atomic mass is 10.1. The molecule has 0 spiro atoms. The number of aryl methyl sites for hydroxylation is 2. The number of nitrogens with zero attached hydrogens (tertiary/aromatic N) is 1. The van der Waals surface area contributed by atoms with Crippen LogP contribution < -0.4 is 5.32 Å². The van der Waals surface area contributed by atoms with Gasteiger partial charge in [0.1, 0.15) is 0 Å². The quantitative estimate of drug-likeness (QED) is 0.917. The first-order chi connectivity index (χ1) is 8.93. The third-order valence-corrected chi connectivity index (χ3v) is 5.85. The summed E-state index contributed by atoms with van der Waals surface area (Å²) in [5.41, 5.74) is 2.12. The molecule has 1 aromatic rings. The first kappa shape index (κ1) is 14.5. The van der Waals surface area contributed by atoms with Crippen LogP contribution in [0.4, 0.5) is 0 Å². The van der Waals surface area contributed by atoms with Gasteiger partial charge < -0.3 is 5.32 Å². The Balaban J connectivity index is 2.27. The highest BCUT2D eigenvalue weighted by Crippen LogP contribution is 2.21. The van der Waals surface area contributed by atoms with Gasteiger partial charge in [0.25, 0.3) is 0 Å². The number of hydrogen-bond donors (Lipinski definition) is 1. The van der Waals surface area contributed by atoms with E-state index < -0.39 is 10.0 Å². The third-order valence-electron chi connectivity index (χ3n) is 3.94. The van der Waals surface area contributed by atoms with Crippen molar-refractivity contribution in [2.45, 2.75) is 37.6 Å². The molecule has 0 radical (unpaired) electrons. The van der Waals surface area contributed by atoms with E-state index in [0.717, 1.165) is 37.1 Å². The zero-order valence-corrected chi connectivity index (χ0v) is 12.6. The largest absolute Gasteiger partial charge is 0.315 e. The number of benzene rings is 1. The average Bonchev–Trinajstić information content (AvgIpc) is 2.41. The smallest absolute Gasteiger partial charge is 0.243 e. The Labute approximate surface area is 115 Å². The molecule has 1 aliphatic heterocycles. The predicted molar refractivity (Wildman–Crippen MR) is 76.8 cm³/mol. The first-order valence-electron chi connectivity index (χ1n) is 6.69. The SMILES string of the molecule is Cc1ccc(S(=O)(=O)N(C)C2CCCNC2)cc1C. The summed E-state index contributed by atoms with van der Waals surface area (Å²) < 4.78 is 26.7. The molecule has 0 aliphatic carbocycles. The third kappa shape index (κ3) is 2.99. The van der Waals surface area contributed by atoms with E-state index in [0.29, 0.717) is 4.90 Å². The molecule has 0 bridgehead atoms. The molecule has 1 heterocycles. The molecule has 1 fully saturated rings. The zero-order valence-electron chi connectivity index (χ0n) is 11.8. The Bertz CT molecular complexity index is 549. The van der Waals surface area contributed by atoms with Crippen molar-refractivity contribution in [1.82, 2.24) is 9.62 Å². The molecular formula is C14H22N2O2S. The number of likely N-dealkylation sites (N-methyl/N-ethyl adjacent to an activating group) is 1. The van der Waals surface area contributed by atoms with E-state index in [4.69, 9.17) is 0 Å². The summed E-state index contributed by atoms with van der Waals surface area (Å²) in [5.74, 6) is 0. The molecule has 106 valence electrons. The topological polar surface area (TPSA) is 49.4 Å². The Hall–Kier alpha value is -0.910. The van der Waals surface area contributed by atoms with Crippen molar-refractivity contribution in [3.05, 3.63) is 29.3 Å². The molecule has 1 aliphatic rings. The first-order valence-corrected chi connectivity index (χ1v) is 8.13. The minimum Gasteiger partial charge on any atom is -0.315 e. The van der Waals surface area contributed by atoms with E-state index >= 15 is 0 Å². The molecule has 0 amide bonds. The fourth-order valence-electron chi connectivity index (χ4n) is 2.38. The van der Waals surface area contributed by atoms with Crippen LogP contribution in [0.2, 0.25) is 0 Å². The van der Waals surface area contributed by atoms with E-state index in [-0.39, 0.29) is 6.04 Å². The molecule has 1 unspecified atom stereocenters. The average molecular weight is 282 g/mol. The lowest BCUT2D eigenvalue weighted by molar-refractivity contribution is 0.300. The van der Waals surface area contributed by atoms with Crippen LogP contribution >= 0.6 is 0 Å². The summed E-state index contributed by atoms with van der Waals surface area (Å²) in [7, 11) is -1.70. The Kier molecular flexibility index (Phi) is 4.28. The van der Waals surface area contributed by atoms with Crippen LogP contribution in [0.15, 0.2) is 23.1 Å². The predicted octanol–water partition coefficient (Wildman–Crippen LogP) is 1.68. The molecule has 5 heteroatoms. The van der Waals surface area contributed by atoms with Crippen molar-refractivity contribution in [3.8, 4) is 0 Å². The van der Waals surface area contributed by atoms with Gasteiger partial charge in [0.2, 0.25) is 10.0 Å². The van der Waals surface area contributed by atoms with Gasteiger partial charge in [-0.25, -0.2) is 8.42 Å². The Morgan fingerprint density at radius 3 is 2.58 bits per heavy atom. The molecule has 1 N–H and O–H groups in total. The van der Waals surface area contributed by atoms with E-state index in [1.165, 1.54) is 4.31 Å². The van der Waals surface area contributed by atoms with Crippen molar-refractivity contribution in [3.63, 3.8) is 0 Å². The standard InChI is InChI=1S/C14H22N2O2S/c1-11-6-7-14(9-12(11)2)19(17,18)16(3)13-5-4-8-15-10-13/h6-7,9,13,15H,4-5,8,10H2,1-3H3. The van der Waals surface area contributed by atoms with Gasteiger partial charge in [-0.3, -0.25) is 0 Å². The van der Waals surface area contributed by atoms with Gasteiger partial charge in [-0.15, -0.1) is 0 Å². The van der Waals surface area contributed by atoms with Crippen molar-refractivity contribution in [2.24, 2.45) is 0 Å². The monoisotopic (exact) mass is 282 g/mol. The van der Waals surface area contributed by atoms with Crippen LogP contribution in [0.1, 0.15) is 24.0 Å². The second-order valence-corrected chi connectivity index (χ2v) is 7.26. The highest BCUT2D eigenvalue weighted by atomic mass is 32.2. The van der Waals surface area contributed by atoms with E-state index in [9.17, 15) is 8.42 Å². The van der Waals surface area contributed by atoms with Crippen molar-refractivity contribution in [2.75, 3.05) is 20.1 Å². The number of nitrogens with one attached hydrogen (secondary N) is 1. The number of rotatable bonds is 3. The van der Waals surface area contributed by atoms with Crippen LogP contribution in [0.25, 0.3) is 0 Å². The maximum Gasteiger partial charge on any atom is 0.243 e. The van der Waals surface area contributed by atoms with Crippen LogP contribution in [-0.2, 0) is 10.0 Å². The second kappa shape index (κ2) is 5.61. The highest BCUT2D eigenvalue weighted by Gasteiger charge is 2.29. The van der Waals surface area contributed by atoms with Gasteiger partial charge in [0.05, 0.1) is 4.90 Å². The van der Waals surface area contributed by atoms with E-state index in [2.05, 4.69) is 5.32 Å². The molecule has 1 saturated heterocycles. The molecular weight excluding hydrogens is 260 g/mol. The van der Waals surface area contributed by atoms with E-state index in [1.54, 1.807) is 19.2 Å². The molecule has 2 rings (SSSR count). The fraction of sp³-hybridized carbons (Fsp3) is 0.571. The Morgan fingerprint density at radius 1 is 1.26 bits per heavy atom. The Morgan fingerprint density at radius 2 is 2.00 bits per heavy atom. The van der Waals surface area contributed by atoms with Gasteiger partial charge >= 0.3 is 0 Å². The van der Waals surface area contributed by atoms with Crippen molar-refractivity contribution < 1.29 is 8.42 Å². The van der Waals surface area contributed by atoms with Crippen LogP contribution in [0, 0.1) is 13.8 Å². The van der Waals surface area contributed by atoms with Crippen LogP contribution in [-0.4, -0.2) is 38.9 Å². The summed E-state index contributed by atoms with van der Waals surface area (Å²) in [6.07, 6.45) is 1.95. The maximum absolute atomic E-state index is 12.6. The molecule has 0 aromatic heterocycles. The molecule has 4 nitrogen and oxygen atoms in total. The van der Waals surface area contributed by atoms with Crippen molar-refractivity contribution >= 4 is 10.0 Å². The fourth-order valence-corrected chi connectivity index (χ4v) is 3.85. The minimum absolute atomic E-state index is 0.0559. The van der Waals surface area contributed by atoms with Gasteiger partial charge in [0, 0.05) is 19.6 Å². The van der Waals surface area contributed by atoms with Crippen LogP contribution in [0.5, 0.6) is 0 Å². The van der Waals surface area contributed by atoms with Gasteiger partial charge in [-0.1, -0.05) is 6.07 Å². The van der Waals surface area contributed by atoms with Gasteiger partial charge in [-0.2, -0.15) is 4.31 Å². The van der Waals surface area contributed by atoms with Crippen LogP contribution in [0.3, 0.4) is 0 Å². The highest BCUT2D eigenvalue weighted by molar-refractivity contribution is 7.89.